The van der Waals surface area contributed by atoms with Crippen molar-refractivity contribution in [2.45, 2.75) is 31.3 Å². The van der Waals surface area contributed by atoms with E-state index in [-0.39, 0.29) is 0 Å². The summed E-state index contributed by atoms with van der Waals surface area (Å²) in [7, 11) is 3.24. The zero-order valence-corrected chi connectivity index (χ0v) is 13.3. The molecule has 1 aromatic rings. The third-order valence-electron chi connectivity index (χ3n) is 4.00. The number of hydrogen-bond acceptors (Lipinski definition) is 4. The lowest BCUT2D eigenvalue weighted by molar-refractivity contribution is -0.0235. The first-order chi connectivity index (χ1) is 10.6. The average Bonchev–Trinajstić information content (AvgIpc) is 2.50. The van der Waals surface area contributed by atoms with Crippen LogP contribution in [0.3, 0.4) is 0 Å². The molecule has 0 amide bonds. The van der Waals surface area contributed by atoms with Gasteiger partial charge in [-0.3, -0.25) is 4.99 Å². The molecule has 0 bridgehead atoms. The van der Waals surface area contributed by atoms with Gasteiger partial charge in [-0.15, -0.1) is 0 Å². The predicted molar refractivity (Wildman–Crippen MR) is 86.5 cm³/mol. The quantitative estimate of drug-likeness (QED) is 0.518. The summed E-state index contributed by atoms with van der Waals surface area (Å²) in [6.45, 7) is 1.05. The maximum absolute atomic E-state index is 9.95. The van der Waals surface area contributed by atoms with E-state index in [2.05, 4.69) is 10.3 Å². The van der Waals surface area contributed by atoms with E-state index in [0.717, 1.165) is 31.2 Å². The third kappa shape index (κ3) is 4.27. The molecule has 0 aliphatic heterocycles. The Bertz CT molecular complexity index is 527. The van der Waals surface area contributed by atoms with Gasteiger partial charge in [0.1, 0.15) is 0 Å². The summed E-state index contributed by atoms with van der Waals surface area (Å²) in [4.78, 5) is 4.20. The number of aliphatic imine (C=N–C) groups is 1. The number of guanidine groups is 1. The van der Waals surface area contributed by atoms with Crippen molar-refractivity contribution in [1.82, 2.24) is 5.32 Å². The van der Waals surface area contributed by atoms with Crippen LogP contribution in [0.2, 0.25) is 0 Å². The highest BCUT2D eigenvalue weighted by atomic mass is 16.5. The molecule has 0 aromatic heterocycles. The van der Waals surface area contributed by atoms with E-state index in [1.165, 1.54) is 0 Å². The standard InChI is InChI=1S/C16H25N3O3/c1-21-13-5-4-12(10-14(13)22-2)6-9-18-15(17)19-11-16(20)7-3-8-16/h4-5,10,20H,3,6-9,11H2,1-2H3,(H3,17,18,19). The fourth-order valence-electron chi connectivity index (χ4n) is 2.40. The average molecular weight is 307 g/mol. The van der Waals surface area contributed by atoms with E-state index in [4.69, 9.17) is 15.2 Å². The Kier molecular flexibility index (Phi) is 5.49. The molecule has 1 aliphatic carbocycles. The fraction of sp³-hybridized carbons (Fsp3) is 0.562. The van der Waals surface area contributed by atoms with Gasteiger partial charge in [0.15, 0.2) is 17.5 Å². The highest BCUT2D eigenvalue weighted by molar-refractivity contribution is 5.77. The Labute approximate surface area is 131 Å². The Balaban J connectivity index is 1.79. The van der Waals surface area contributed by atoms with Gasteiger partial charge < -0.3 is 25.6 Å². The van der Waals surface area contributed by atoms with Crippen molar-refractivity contribution < 1.29 is 14.6 Å². The van der Waals surface area contributed by atoms with Crippen molar-refractivity contribution in [3.8, 4) is 11.5 Å². The maximum atomic E-state index is 9.95. The van der Waals surface area contributed by atoms with Gasteiger partial charge in [0.2, 0.25) is 0 Å². The van der Waals surface area contributed by atoms with Gasteiger partial charge in [0.25, 0.3) is 0 Å². The molecule has 1 saturated carbocycles. The van der Waals surface area contributed by atoms with Crippen LogP contribution in [0.5, 0.6) is 11.5 Å². The molecule has 6 nitrogen and oxygen atoms in total. The highest BCUT2D eigenvalue weighted by Crippen LogP contribution is 2.31. The number of nitrogens with zero attached hydrogens (tertiary/aromatic N) is 1. The van der Waals surface area contributed by atoms with E-state index < -0.39 is 5.60 Å². The van der Waals surface area contributed by atoms with Crippen molar-refractivity contribution in [3.63, 3.8) is 0 Å². The molecule has 2 rings (SSSR count). The first kappa shape index (κ1) is 16.4. The van der Waals surface area contributed by atoms with Crippen LogP contribution in [0.15, 0.2) is 23.2 Å². The lowest BCUT2D eigenvalue weighted by Gasteiger charge is -2.34. The maximum Gasteiger partial charge on any atom is 0.188 e. The van der Waals surface area contributed by atoms with Crippen LogP contribution in [0.25, 0.3) is 0 Å². The summed E-state index contributed by atoms with van der Waals surface area (Å²) < 4.78 is 10.5. The highest BCUT2D eigenvalue weighted by Gasteiger charge is 2.33. The molecule has 6 heteroatoms. The minimum atomic E-state index is -0.629. The normalized spacial score (nSPS) is 16.8. The topological polar surface area (TPSA) is 89.1 Å². The molecule has 1 fully saturated rings. The van der Waals surface area contributed by atoms with Crippen molar-refractivity contribution in [2.75, 3.05) is 27.3 Å². The minimum Gasteiger partial charge on any atom is -0.493 e. The van der Waals surface area contributed by atoms with Crippen molar-refractivity contribution in [3.05, 3.63) is 23.8 Å². The number of aliphatic hydroxyl groups is 1. The molecule has 1 aromatic carbocycles. The molecule has 0 radical (unpaired) electrons. The van der Waals surface area contributed by atoms with Gasteiger partial charge in [0, 0.05) is 6.54 Å². The number of nitrogens with one attached hydrogen (secondary N) is 1. The van der Waals surface area contributed by atoms with Crippen LogP contribution >= 0.6 is 0 Å². The summed E-state index contributed by atoms with van der Waals surface area (Å²) in [5.41, 5.74) is 6.30. The van der Waals surface area contributed by atoms with E-state index in [9.17, 15) is 5.11 Å². The third-order valence-corrected chi connectivity index (χ3v) is 4.00. The van der Waals surface area contributed by atoms with E-state index in [1.54, 1.807) is 14.2 Å². The lowest BCUT2D eigenvalue weighted by Crippen LogP contribution is -2.42. The number of nitrogens with two attached hydrogens (primary N) is 1. The van der Waals surface area contributed by atoms with Gasteiger partial charge in [-0.05, 0) is 43.4 Å². The second kappa shape index (κ2) is 7.35. The smallest absolute Gasteiger partial charge is 0.188 e. The second-order valence-electron chi connectivity index (χ2n) is 5.65. The molecule has 0 heterocycles. The zero-order valence-electron chi connectivity index (χ0n) is 13.3. The number of benzene rings is 1. The molecule has 0 atom stereocenters. The van der Waals surface area contributed by atoms with Crippen molar-refractivity contribution >= 4 is 5.96 Å². The van der Waals surface area contributed by atoms with E-state index in [1.807, 2.05) is 18.2 Å². The monoisotopic (exact) mass is 307 g/mol. The van der Waals surface area contributed by atoms with Crippen LogP contribution in [0, 0.1) is 0 Å². The van der Waals surface area contributed by atoms with Gasteiger partial charge in [-0.2, -0.15) is 0 Å². The molecular formula is C16H25N3O3. The molecule has 1 aliphatic rings. The SMILES string of the molecule is COc1ccc(CCNC(N)=NCC2(O)CCC2)cc1OC. The molecule has 0 saturated heterocycles. The number of hydrogen-bond donors (Lipinski definition) is 3. The Hall–Kier alpha value is -1.95. The summed E-state index contributed by atoms with van der Waals surface area (Å²) in [6, 6.07) is 5.83. The largest absolute Gasteiger partial charge is 0.493 e. The molecule has 122 valence electrons. The van der Waals surface area contributed by atoms with Crippen LogP contribution in [-0.4, -0.2) is 44.0 Å². The Morgan fingerprint density at radius 1 is 1.32 bits per heavy atom. The zero-order chi connectivity index (χ0) is 16.0. The van der Waals surface area contributed by atoms with Crippen LogP contribution < -0.4 is 20.5 Å². The van der Waals surface area contributed by atoms with E-state index >= 15 is 0 Å². The fourth-order valence-corrected chi connectivity index (χ4v) is 2.40. The number of rotatable bonds is 7. The first-order valence-electron chi connectivity index (χ1n) is 7.53. The van der Waals surface area contributed by atoms with Crippen molar-refractivity contribution in [2.24, 2.45) is 10.7 Å². The molecule has 0 spiro atoms. The lowest BCUT2D eigenvalue weighted by atomic mass is 9.80. The van der Waals surface area contributed by atoms with Gasteiger partial charge in [-0.1, -0.05) is 6.07 Å². The Morgan fingerprint density at radius 3 is 2.64 bits per heavy atom. The minimum absolute atomic E-state index is 0.376. The molecule has 4 N–H and O–H groups in total. The predicted octanol–water partition coefficient (Wildman–Crippen LogP) is 1.07. The summed E-state index contributed by atoms with van der Waals surface area (Å²) >= 11 is 0. The van der Waals surface area contributed by atoms with Crippen LogP contribution in [0.4, 0.5) is 0 Å². The van der Waals surface area contributed by atoms with Gasteiger partial charge >= 0.3 is 0 Å². The Morgan fingerprint density at radius 2 is 2.05 bits per heavy atom. The summed E-state index contributed by atoms with van der Waals surface area (Å²) in [6.07, 6.45) is 3.49. The molecule has 22 heavy (non-hydrogen) atoms. The molecule has 0 unspecified atom stereocenters. The summed E-state index contributed by atoms with van der Waals surface area (Å²) in [5, 5.41) is 13.0. The summed E-state index contributed by atoms with van der Waals surface area (Å²) in [5.74, 6) is 1.81. The number of methoxy groups -OCH3 is 2. The molecular weight excluding hydrogens is 282 g/mol. The first-order valence-corrected chi connectivity index (χ1v) is 7.53. The van der Waals surface area contributed by atoms with E-state index in [0.29, 0.717) is 30.5 Å². The van der Waals surface area contributed by atoms with Crippen molar-refractivity contribution in [1.29, 1.82) is 0 Å². The number of ether oxygens (including phenoxy) is 2. The van der Waals surface area contributed by atoms with Gasteiger partial charge in [-0.25, -0.2) is 0 Å². The van der Waals surface area contributed by atoms with Gasteiger partial charge in [0.05, 0.1) is 26.4 Å². The second-order valence-corrected chi connectivity index (χ2v) is 5.65. The van der Waals surface area contributed by atoms with Crippen LogP contribution in [0.1, 0.15) is 24.8 Å². The van der Waals surface area contributed by atoms with Crippen LogP contribution in [-0.2, 0) is 6.42 Å².